The van der Waals surface area contributed by atoms with Crippen LogP contribution < -0.4 is 0 Å². The van der Waals surface area contributed by atoms with Gasteiger partial charge in [0.05, 0.1) is 25.4 Å². The molecule has 0 rings (SSSR count). The van der Waals surface area contributed by atoms with Crippen molar-refractivity contribution in [3.8, 4) is 0 Å². The fourth-order valence-electron chi connectivity index (χ4n) is 2.31. The highest BCUT2D eigenvalue weighted by Crippen LogP contribution is 2.45. The second kappa shape index (κ2) is 17.6. The standard InChI is InChI=1S/C20H43O8P/c1-7-11-13-23-19(9-3)25-15-17(5)27-29(21,22)28-18(6)16-26-20(10-4)24-14-12-8-2/h17-20H,7-16H2,1-6H3,(H,21,22). The molecule has 176 valence electrons. The third-order valence-electron chi connectivity index (χ3n) is 3.93. The summed E-state index contributed by atoms with van der Waals surface area (Å²) in [6.45, 7) is 12.9. The first-order valence-electron chi connectivity index (χ1n) is 10.9. The van der Waals surface area contributed by atoms with Crippen molar-refractivity contribution in [2.24, 2.45) is 0 Å². The van der Waals surface area contributed by atoms with E-state index in [9.17, 15) is 9.46 Å². The van der Waals surface area contributed by atoms with E-state index in [2.05, 4.69) is 13.8 Å². The first-order chi connectivity index (χ1) is 13.8. The molecule has 0 saturated heterocycles. The Morgan fingerprint density at radius 3 is 1.41 bits per heavy atom. The van der Waals surface area contributed by atoms with E-state index in [1.165, 1.54) is 0 Å². The Balaban J connectivity index is 4.22. The van der Waals surface area contributed by atoms with Gasteiger partial charge < -0.3 is 23.8 Å². The number of phosphoric acid groups is 1. The molecule has 0 saturated carbocycles. The van der Waals surface area contributed by atoms with Crippen LogP contribution in [0.2, 0.25) is 0 Å². The largest absolute Gasteiger partial charge is 0.472 e. The molecule has 0 aliphatic rings. The fourth-order valence-corrected chi connectivity index (χ4v) is 3.39. The van der Waals surface area contributed by atoms with Gasteiger partial charge in [0, 0.05) is 13.2 Å². The van der Waals surface area contributed by atoms with Crippen LogP contribution >= 0.6 is 7.82 Å². The average Bonchev–Trinajstić information content (AvgIpc) is 2.66. The van der Waals surface area contributed by atoms with E-state index in [4.69, 9.17) is 28.0 Å². The van der Waals surface area contributed by atoms with Crippen LogP contribution in [0, 0.1) is 0 Å². The van der Waals surface area contributed by atoms with Crippen molar-refractivity contribution >= 4 is 7.82 Å². The van der Waals surface area contributed by atoms with Gasteiger partial charge in [-0.1, -0.05) is 40.5 Å². The minimum atomic E-state index is -4.24. The van der Waals surface area contributed by atoms with Crippen LogP contribution in [0.5, 0.6) is 0 Å². The predicted molar refractivity (Wildman–Crippen MR) is 113 cm³/mol. The molecule has 9 heteroatoms. The van der Waals surface area contributed by atoms with Gasteiger partial charge >= 0.3 is 7.82 Å². The molecular weight excluding hydrogens is 399 g/mol. The maximum atomic E-state index is 12.2. The summed E-state index contributed by atoms with van der Waals surface area (Å²) in [6.07, 6.45) is 3.47. The van der Waals surface area contributed by atoms with Gasteiger partial charge in [0.15, 0.2) is 12.6 Å². The Kier molecular flexibility index (Phi) is 17.6. The Hall–Kier alpha value is -0.0500. The highest BCUT2D eigenvalue weighted by atomic mass is 31.2. The van der Waals surface area contributed by atoms with Crippen LogP contribution in [-0.4, -0.2) is 56.1 Å². The van der Waals surface area contributed by atoms with Crippen LogP contribution in [0.4, 0.5) is 0 Å². The Bertz CT molecular complexity index is 389. The third kappa shape index (κ3) is 16.3. The van der Waals surface area contributed by atoms with E-state index >= 15 is 0 Å². The highest BCUT2D eigenvalue weighted by Gasteiger charge is 2.28. The summed E-state index contributed by atoms with van der Waals surface area (Å²) in [6, 6.07) is 0. The molecule has 0 aliphatic carbocycles. The summed E-state index contributed by atoms with van der Waals surface area (Å²) in [5.74, 6) is 0. The second-order valence-corrected chi connectivity index (χ2v) is 8.45. The summed E-state index contributed by atoms with van der Waals surface area (Å²) in [4.78, 5) is 9.98. The summed E-state index contributed by atoms with van der Waals surface area (Å²) >= 11 is 0. The lowest BCUT2D eigenvalue weighted by molar-refractivity contribution is -0.160. The normalized spacial score (nSPS) is 18.2. The first kappa shape index (κ1) is 28.9. The zero-order chi connectivity index (χ0) is 22.1. The second-order valence-electron chi connectivity index (χ2n) is 7.09. The van der Waals surface area contributed by atoms with E-state index in [0.29, 0.717) is 26.1 Å². The van der Waals surface area contributed by atoms with Crippen LogP contribution in [0.25, 0.3) is 0 Å². The fraction of sp³-hybridized carbons (Fsp3) is 1.00. The van der Waals surface area contributed by atoms with Gasteiger partial charge in [-0.15, -0.1) is 0 Å². The number of unbranched alkanes of at least 4 members (excludes halogenated alkanes) is 2. The number of phosphoric ester groups is 1. The minimum absolute atomic E-state index is 0.132. The van der Waals surface area contributed by atoms with Crippen molar-refractivity contribution in [2.75, 3.05) is 26.4 Å². The molecule has 0 spiro atoms. The Labute approximate surface area is 177 Å². The summed E-state index contributed by atoms with van der Waals surface area (Å²) in [7, 11) is -4.24. The molecule has 1 N–H and O–H groups in total. The lowest BCUT2D eigenvalue weighted by Crippen LogP contribution is -2.26. The molecule has 0 fully saturated rings. The molecule has 0 aromatic carbocycles. The number of ether oxygens (including phenoxy) is 4. The molecule has 4 atom stereocenters. The maximum Gasteiger partial charge on any atom is 0.472 e. The van der Waals surface area contributed by atoms with Crippen molar-refractivity contribution in [1.29, 1.82) is 0 Å². The van der Waals surface area contributed by atoms with E-state index in [1.807, 2.05) is 13.8 Å². The smallest absolute Gasteiger partial charge is 0.353 e. The van der Waals surface area contributed by atoms with Gasteiger partial charge in [-0.05, 0) is 39.5 Å². The Morgan fingerprint density at radius 2 is 1.10 bits per heavy atom. The van der Waals surface area contributed by atoms with E-state index in [1.54, 1.807) is 13.8 Å². The molecule has 0 bridgehead atoms. The molecule has 0 radical (unpaired) electrons. The van der Waals surface area contributed by atoms with Gasteiger partial charge in [0.25, 0.3) is 0 Å². The lowest BCUT2D eigenvalue weighted by Gasteiger charge is -2.24. The molecule has 0 heterocycles. The molecule has 0 aromatic rings. The summed E-state index contributed by atoms with van der Waals surface area (Å²) < 4.78 is 45.0. The van der Waals surface area contributed by atoms with Crippen molar-refractivity contribution in [2.45, 2.75) is 105 Å². The quantitative estimate of drug-likeness (QED) is 0.159. The van der Waals surface area contributed by atoms with Gasteiger partial charge in [0.2, 0.25) is 0 Å². The van der Waals surface area contributed by atoms with Crippen LogP contribution in [-0.2, 0) is 32.6 Å². The SMILES string of the molecule is CCCCOC(CC)OCC(C)OP(=O)(O)OC(C)COC(CC)OCCCC. The van der Waals surface area contributed by atoms with Crippen molar-refractivity contribution in [3.63, 3.8) is 0 Å². The number of hydrogen-bond donors (Lipinski definition) is 1. The summed E-state index contributed by atoms with van der Waals surface area (Å²) in [5.41, 5.74) is 0. The van der Waals surface area contributed by atoms with Gasteiger partial charge in [-0.25, -0.2) is 4.57 Å². The predicted octanol–water partition coefficient (Wildman–Crippen LogP) is 5.04. The third-order valence-corrected chi connectivity index (χ3v) is 5.18. The first-order valence-corrected chi connectivity index (χ1v) is 12.4. The molecule has 29 heavy (non-hydrogen) atoms. The zero-order valence-corrected chi connectivity index (χ0v) is 20.0. The number of rotatable bonds is 20. The van der Waals surface area contributed by atoms with E-state index < -0.39 is 20.0 Å². The summed E-state index contributed by atoms with van der Waals surface area (Å²) in [5, 5.41) is 0. The monoisotopic (exact) mass is 442 g/mol. The minimum Gasteiger partial charge on any atom is -0.353 e. The molecular formula is C20H43O8P. The topological polar surface area (TPSA) is 92.7 Å². The van der Waals surface area contributed by atoms with Crippen molar-refractivity contribution < 1.29 is 37.5 Å². The van der Waals surface area contributed by atoms with Crippen LogP contribution in [0.3, 0.4) is 0 Å². The van der Waals surface area contributed by atoms with Crippen molar-refractivity contribution in [3.05, 3.63) is 0 Å². The molecule has 0 amide bonds. The molecule has 0 aliphatic heterocycles. The van der Waals surface area contributed by atoms with Gasteiger partial charge in [-0.3, -0.25) is 9.05 Å². The van der Waals surface area contributed by atoms with E-state index in [-0.39, 0.29) is 25.8 Å². The van der Waals surface area contributed by atoms with Crippen LogP contribution in [0.15, 0.2) is 0 Å². The number of hydrogen-bond acceptors (Lipinski definition) is 7. The Morgan fingerprint density at radius 1 is 0.724 bits per heavy atom. The highest BCUT2D eigenvalue weighted by molar-refractivity contribution is 7.47. The van der Waals surface area contributed by atoms with Gasteiger partial charge in [-0.2, -0.15) is 0 Å². The van der Waals surface area contributed by atoms with Gasteiger partial charge in [0.1, 0.15) is 0 Å². The molecule has 0 aromatic heterocycles. The zero-order valence-electron chi connectivity index (χ0n) is 19.1. The maximum absolute atomic E-state index is 12.2. The molecule has 8 nitrogen and oxygen atoms in total. The average molecular weight is 443 g/mol. The lowest BCUT2D eigenvalue weighted by atomic mass is 10.3. The van der Waals surface area contributed by atoms with E-state index in [0.717, 1.165) is 25.7 Å². The van der Waals surface area contributed by atoms with Crippen LogP contribution in [0.1, 0.15) is 80.1 Å². The molecule has 4 unspecified atom stereocenters. The van der Waals surface area contributed by atoms with Crippen molar-refractivity contribution in [1.82, 2.24) is 0 Å².